The fourth-order valence-corrected chi connectivity index (χ4v) is 20.7. The average molecular weight is 1180 g/mol. The smallest absolute Gasteiger partial charge is 0.253 e. The second-order valence-electron chi connectivity index (χ2n) is 34.4. The first-order valence-electron chi connectivity index (χ1n) is 34.2. The maximum Gasteiger partial charge on any atom is 0.253 e. The lowest BCUT2D eigenvalue weighted by molar-refractivity contribution is 0.331. The van der Waals surface area contributed by atoms with E-state index in [9.17, 15) is 0 Å². The van der Waals surface area contributed by atoms with Gasteiger partial charge in [0.1, 0.15) is 0 Å². The highest BCUT2D eigenvalue weighted by Crippen LogP contribution is 2.65. The molecule has 0 radical (unpaired) electrons. The molecular weight excluding hydrogens is 1080 g/mol. The molecular formula is C87H91BN2. The van der Waals surface area contributed by atoms with Gasteiger partial charge in [-0.15, -0.1) is 0 Å². The monoisotopic (exact) mass is 1170 g/mol. The lowest BCUT2D eigenvalue weighted by atomic mass is 9.27. The molecule has 0 N–H and O–H groups in total. The Morgan fingerprint density at radius 2 is 0.767 bits per heavy atom. The minimum Gasteiger partial charge on any atom is -0.311 e. The van der Waals surface area contributed by atoms with Gasteiger partial charge in [-0.2, -0.15) is 0 Å². The molecule has 0 spiro atoms. The molecule has 0 saturated carbocycles. The first kappa shape index (κ1) is 56.6. The highest BCUT2D eigenvalue weighted by molar-refractivity contribution is 7.01. The molecule has 0 bridgehead atoms. The number of fused-ring (bicyclic) bond motifs is 11. The summed E-state index contributed by atoms with van der Waals surface area (Å²) in [5.41, 5.74) is 42.3. The standard InChI is InChI=1S/C87H91BN2/c1-48-26-25-27-49(2)72(48)51-41-69-76-70(42-51)90(68-46-64-61(40-50(68)3)79(4,5)36-39-82(64,10)11)67-35-33-53-54-44-62-63(81(8,9)38-37-80(62,6)7)45-60(54)87(20)73(53)77(67)88(76)78-71(47-66-74(75(78)87)86(18,19)58-31-24-23-30-57(58)85(66,16)17)89(69)52-32-34-59-65(43-52)84(14,15)56-29-22-21-28-55(56)83(59,12)13/h21-35,40-47H,36-39H2,1-20H3. The van der Waals surface area contributed by atoms with E-state index in [1.807, 2.05) is 0 Å². The summed E-state index contributed by atoms with van der Waals surface area (Å²) in [4.78, 5) is 5.65. The maximum atomic E-state index is 2.83. The predicted octanol–water partition coefficient (Wildman–Crippen LogP) is 20.6. The molecule has 0 fully saturated rings. The molecule has 5 aliphatic carbocycles. The Balaban J connectivity index is 1.09. The Hall–Kier alpha value is -7.36. The first-order chi connectivity index (χ1) is 42.3. The quantitative estimate of drug-likeness (QED) is 0.163. The minimum atomic E-state index is -0.526. The topological polar surface area (TPSA) is 6.48 Å². The Labute approximate surface area is 538 Å². The summed E-state index contributed by atoms with van der Waals surface area (Å²) < 4.78 is 0. The molecule has 0 amide bonds. The van der Waals surface area contributed by atoms with Crippen LogP contribution < -0.4 is 26.2 Å². The summed E-state index contributed by atoms with van der Waals surface area (Å²) in [6.45, 7) is 50.0. The van der Waals surface area contributed by atoms with Gasteiger partial charge in [-0.05, 0) is 262 Å². The predicted molar refractivity (Wildman–Crippen MR) is 383 cm³/mol. The van der Waals surface area contributed by atoms with Gasteiger partial charge in [0, 0.05) is 61.2 Å². The zero-order chi connectivity index (χ0) is 63.2. The minimum absolute atomic E-state index is 0.0104. The lowest BCUT2D eigenvalue weighted by Gasteiger charge is -2.55. The molecule has 9 aromatic rings. The Morgan fingerprint density at radius 1 is 0.300 bits per heavy atom. The number of hydrogen-bond acceptors (Lipinski definition) is 2. The number of benzene rings is 9. The Bertz CT molecular complexity index is 4770. The van der Waals surface area contributed by atoms with E-state index in [1.54, 1.807) is 5.56 Å². The third-order valence-electron chi connectivity index (χ3n) is 26.0. The second-order valence-corrected chi connectivity index (χ2v) is 34.4. The van der Waals surface area contributed by atoms with Crippen molar-refractivity contribution in [2.45, 2.75) is 213 Å². The summed E-state index contributed by atoms with van der Waals surface area (Å²) in [5.74, 6) is 0. The highest BCUT2D eigenvalue weighted by atomic mass is 15.2. The van der Waals surface area contributed by atoms with E-state index in [-0.39, 0.29) is 50.0 Å². The van der Waals surface area contributed by atoms with Crippen LogP contribution in [0.1, 0.15) is 244 Å². The van der Waals surface area contributed by atoms with Gasteiger partial charge in [0.2, 0.25) is 0 Å². The molecule has 0 aromatic heterocycles. The molecule has 1 atom stereocenters. The van der Waals surface area contributed by atoms with Crippen LogP contribution in [0, 0.1) is 20.8 Å². The van der Waals surface area contributed by atoms with Crippen LogP contribution in [0.5, 0.6) is 0 Å². The highest BCUT2D eigenvalue weighted by Gasteiger charge is 2.61. The summed E-state index contributed by atoms with van der Waals surface area (Å²) in [6, 6.07) is 57.6. The number of anilines is 6. The number of aryl methyl sites for hydroxylation is 3. The Kier molecular flexibility index (Phi) is 10.8. The fourth-order valence-electron chi connectivity index (χ4n) is 20.7. The molecule has 452 valence electrons. The van der Waals surface area contributed by atoms with Crippen molar-refractivity contribution in [3.05, 3.63) is 240 Å². The molecule has 8 aliphatic rings. The van der Waals surface area contributed by atoms with Gasteiger partial charge in [0.15, 0.2) is 0 Å². The van der Waals surface area contributed by atoms with Crippen LogP contribution >= 0.6 is 0 Å². The summed E-state index contributed by atoms with van der Waals surface area (Å²) in [7, 11) is 0. The van der Waals surface area contributed by atoms with Gasteiger partial charge in [-0.25, -0.2) is 0 Å². The summed E-state index contributed by atoms with van der Waals surface area (Å²) in [6.07, 6.45) is 4.68. The third kappa shape index (κ3) is 6.78. The molecule has 9 aromatic carbocycles. The van der Waals surface area contributed by atoms with E-state index in [0.717, 1.165) is 6.42 Å². The molecule has 3 aliphatic heterocycles. The zero-order valence-electron chi connectivity index (χ0n) is 57.6. The molecule has 90 heavy (non-hydrogen) atoms. The van der Waals surface area contributed by atoms with Crippen molar-refractivity contribution < 1.29 is 0 Å². The zero-order valence-corrected chi connectivity index (χ0v) is 57.6. The van der Waals surface area contributed by atoms with E-state index < -0.39 is 5.41 Å². The normalized spacial score (nSPS) is 21.8. The van der Waals surface area contributed by atoms with Crippen molar-refractivity contribution in [2.24, 2.45) is 0 Å². The van der Waals surface area contributed by atoms with E-state index in [2.05, 4.69) is 288 Å². The van der Waals surface area contributed by atoms with Crippen molar-refractivity contribution >= 4 is 57.2 Å². The first-order valence-corrected chi connectivity index (χ1v) is 34.2. The van der Waals surface area contributed by atoms with E-state index in [1.165, 1.54) is 187 Å². The largest absolute Gasteiger partial charge is 0.311 e. The van der Waals surface area contributed by atoms with Crippen LogP contribution in [0.3, 0.4) is 0 Å². The number of nitrogens with zero attached hydrogens (tertiary/aromatic N) is 2. The third-order valence-corrected chi connectivity index (χ3v) is 26.0. The van der Waals surface area contributed by atoms with Crippen LogP contribution in [0.25, 0.3) is 22.3 Å². The molecule has 3 heteroatoms. The van der Waals surface area contributed by atoms with Crippen molar-refractivity contribution in [3.63, 3.8) is 0 Å². The Morgan fingerprint density at radius 3 is 1.36 bits per heavy atom. The van der Waals surface area contributed by atoms with Crippen LogP contribution in [0.2, 0.25) is 0 Å². The van der Waals surface area contributed by atoms with Gasteiger partial charge >= 0.3 is 0 Å². The number of hydrogen-bond donors (Lipinski definition) is 0. The van der Waals surface area contributed by atoms with Crippen LogP contribution in [-0.4, -0.2) is 6.71 Å². The molecule has 1 unspecified atom stereocenters. The van der Waals surface area contributed by atoms with Crippen molar-refractivity contribution in [1.29, 1.82) is 0 Å². The molecule has 0 saturated heterocycles. The lowest BCUT2D eigenvalue weighted by Crippen LogP contribution is -2.68. The van der Waals surface area contributed by atoms with Crippen molar-refractivity contribution in [3.8, 4) is 22.3 Å². The van der Waals surface area contributed by atoms with Gasteiger partial charge in [-0.3, -0.25) is 0 Å². The van der Waals surface area contributed by atoms with Crippen LogP contribution in [0.4, 0.5) is 34.1 Å². The van der Waals surface area contributed by atoms with Crippen molar-refractivity contribution in [2.75, 3.05) is 9.80 Å². The molecule has 17 rings (SSSR count). The van der Waals surface area contributed by atoms with Gasteiger partial charge in [0.05, 0.1) is 0 Å². The van der Waals surface area contributed by atoms with E-state index >= 15 is 0 Å². The average Bonchev–Trinajstić information content (AvgIpc) is 1.25. The van der Waals surface area contributed by atoms with Crippen LogP contribution in [-0.2, 0) is 48.7 Å². The van der Waals surface area contributed by atoms with Gasteiger partial charge < -0.3 is 9.80 Å². The van der Waals surface area contributed by atoms with Crippen LogP contribution in [0.15, 0.2) is 140 Å². The SMILES string of the molecule is Cc1cc2c(cc1N1c3cc(-c4c(C)cccc4C)cc4c3B3c5c1ccc1c5C(C)(c5cc6c(cc5-1)C(C)(C)CCC6(C)C)c1c3c(cc3c1C(C)(C)c1ccccc1C3(C)C)N4c1ccc3c(c1)C(C)(C)c1ccccc1C3(C)C)C(C)(C)CCC2(C)C. The fraction of sp³-hybridized carbons (Fsp3) is 0.379. The summed E-state index contributed by atoms with van der Waals surface area (Å²) in [5, 5.41) is 0. The number of rotatable bonds is 3. The molecule has 2 nitrogen and oxygen atoms in total. The summed E-state index contributed by atoms with van der Waals surface area (Å²) >= 11 is 0. The second kappa shape index (κ2) is 17.2. The van der Waals surface area contributed by atoms with Crippen molar-refractivity contribution in [1.82, 2.24) is 0 Å². The van der Waals surface area contributed by atoms with E-state index in [0.29, 0.717) is 0 Å². The maximum absolute atomic E-state index is 2.83. The van der Waals surface area contributed by atoms with Gasteiger partial charge in [0.25, 0.3) is 6.71 Å². The van der Waals surface area contributed by atoms with E-state index in [4.69, 9.17) is 0 Å². The molecule has 3 heterocycles. The van der Waals surface area contributed by atoms with Gasteiger partial charge in [-0.1, -0.05) is 202 Å².